The fourth-order valence-electron chi connectivity index (χ4n) is 3.14. The van der Waals surface area contributed by atoms with Crippen LogP contribution in [0.15, 0.2) is 6.20 Å². The summed E-state index contributed by atoms with van der Waals surface area (Å²) in [5.41, 5.74) is 1.03. The highest BCUT2D eigenvalue weighted by Gasteiger charge is 2.15. The minimum atomic E-state index is 0.153. The summed E-state index contributed by atoms with van der Waals surface area (Å²) in [7, 11) is 5.91. The van der Waals surface area contributed by atoms with E-state index in [4.69, 9.17) is 0 Å². The highest BCUT2D eigenvalue weighted by atomic mass is 16.1. The number of nitrogens with one attached hydrogen (secondary N) is 1. The van der Waals surface area contributed by atoms with Gasteiger partial charge in [-0.25, -0.2) is 4.98 Å². The van der Waals surface area contributed by atoms with E-state index >= 15 is 0 Å². The van der Waals surface area contributed by atoms with Gasteiger partial charge in [0.05, 0.1) is 18.4 Å². The molecule has 0 atom stereocenters. The predicted octanol–water partition coefficient (Wildman–Crippen LogP) is 2.46. The summed E-state index contributed by atoms with van der Waals surface area (Å²) < 4.78 is 2.01. The minimum Gasteiger partial charge on any atom is -0.350 e. The van der Waals surface area contributed by atoms with Gasteiger partial charge < -0.3 is 14.8 Å². The van der Waals surface area contributed by atoms with Crippen LogP contribution in [0.5, 0.6) is 0 Å². The summed E-state index contributed by atoms with van der Waals surface area (Å²) in [5.74, 6) is 1.93. The smallest absolute Gasteiger partial charge is 0.220 e. The number of carbonyl (C=O) groups is 1. The molecule has 2 rings (SSSR count). The Hall–Kier alpha value is -1.52. The molecule has 5 nitrogen and oxygen atoms in total. The van der Waals surface area contributed by atoms with Gasteiger partial charge in [0.2, 0.25) is 11.9 Å². The van der Waals surface area contributed by atoms with Gasteiger partial charge in [0, 0.05) is 27.6 Å². The Morgan fingerprint density at radius 2 is 2.14 bits per heavy atom. The number of hydrogen-bond donors (Lipinski definition) is 1. The van der Waals surface area contributed by atoms with Crippen LogP contribution >= 0.6 is 0 Å². The average Bonchev–Trinajstić information content (AvgIpc) is 3.06. The Kier molecular flexibility index (Phi) is 5.65. The standard InChI is InChI=1S/C16H28N4O/c1-19(2)16-18-12-14(20(16)3)11-17-15(21)10-6-9-13-7-4-5-8-13/h12-13H,4-11H2,1-3H3,(H,17,21). The van der Waals surface area contributed by atoms with E-state index in [0.29, 0.717) is 13.0 Å². The summed E-state index contributed by atoms with van der Waals surface area (Å²) in [4.78, 5) is 18.2. The number of imidazole rings is 1. The zero-order valence-electron chi connectivity index (χ0n) is 13.6. The molecule has 118 valence electrons. The number of anilines is 1. The quantitative estimate of drug-likeness (QED) is 0.840. The Morgan fingerprint density at radius 1 is 1.43 bits per heavy atom. The van der Waals surface area contributed by atoms with Crippen LogP contribution in [0.4, 0.5) is 5.95 Å². The molecule has 0 aliphatic heterocycles. The molecule has 1 aliphatic rings. The molecule has 1 aliphatic carbocycles. The van der Waals surface area contributed by atoms with Crippen LogP contribution in [0.3, 0.4) is 0 Å². The highest BCUT2D eigenvalue weighted by Crippen LogP contribution is 2.28. The van der Waals surface area contributed by atoms with E-state index in [0.717, 1.165) is 24.0 Å². The van der Waals surface area contributed by atoms with Crippen LogP contribution in [-0.2, 0) is 18.4 Å². The molecule has 1 amide bonds. The molecular formula is C16H28N4O. The van der Waals surface area contributed by atoms with Gasteiger partial charge in [-0.2, -0.15) is 0 Å². The zero-order chi connectivity index (χ0) is 15.2. The Labute approximate surface area is 127 Å². The number of carbonyl (C=O) groups excluding carboxylic acids is 1. The summed E-state index contributed by atoms with van der Waals surface area (Å²) in [6, 6.07) is 0. The summed E-state index contributed by atoms with van der Waals surface area (Å²) in [5, 5.41) is 3.00. The fourth-order valence-corrected chi connectivity index (χ4v) is 3.14. The van der Waals surface area contributed by atoms with E-state index in [-0.39, 0.29) is 5.91 Å². The molecule has 1 fully saturated rings. The molecule has 1 aromatic heterocycles. The maximum Gasteiger partial charge on any atom is 0.220 e. The van der Waals surface area contributed by atoms with Gasteiger partial charge in [-0.15, -0.1) is 0 Å². The van der Waals surface area contributed by atoms with Crippen molar-refractivity contribution in [3.63, 3.8) is 0 Å². The van der Waals surface area contributed by atoms with Crippen molar-refractivity contribution in [1.29, 1.82) is 0 Å². The zero-order valence-corrected chi connectivity index (χ0v) is 13.6. The van der Waals surface area contributed by atoms with Crippen LogP contribution in [0.25, 0.3) is 0 Å². The Balaban J connectivity index is 1.68. The molecule has 5 heteroatoms. The van der Waals surface area contributed by atoms with Crippen molar-refractivity contribution >= 4 is 11.9 Å². The third-order valence-electron chi connectivity index (χ3n) is 4.42. The Bertz CT molecular complexity index is 461. The van der Waals surface area contributed by atoms with Crippen molar-refractivity contribution in [2.75, 3.05) is 19.0 Å². The maximum absolute atomic E-state index is 11.9. The third kappa shape index (κ3) is 4.48. The van der Waals surface area contributed by atoms with E-state index in [1.165, 1.54) is 32.1 Å². The molecule has 21 heavy (non-hydrogen) atoms. The fraction of sp³-hybridized carbons (Fsp3) is 0.750. The molecule has 0 bridgehead atoms. The van der Waals surface area contributed by atoms with E-state index in [1.807, 2.05) is 36.8 Å². The number of amides is 1. The first-order valence-corrected chi connectivity index (χ1v) is 8.02. The predicted molar refractivity (Wildman–Crippen MR) is 85.2 cm³/mol. The first-order valence-electron chi connectivity index (χ1n) is 8.02. The van der Waals surface area contributed by atoms with Gasteiger partial charge in [0.1, 0.15) is 0 Å². The molecular weight excluding hydrogens is 264 g/mol. The highest BCUT2D eigenvalue weighted by molar-refractivity contribution is 5.75. The topological polar surface area (TPSA) is 50.2 Å². The van der Waals surface area contributed by atoms with Crippen LogP contribution in [0.2, 0.25) is 0 Å². The molecule has 1 aromatic rings. The lowest BCUT2D eigenvalue weighted by Crippen LogP contribution is -2.24. The van der Waals surface area contributed by atoms with Crippen LogP contribution in [-0.4, -0.2) is 29.6 Å². The molecule has 0 saturated heterocycles. The maximum atomic E-state index is 11.9. The molecule has 0 radical (unpaired) electrons. The normalized spacial score (nSPS) is 15.4. The molecule has 0 spiro atoms. The molecule has 1 heterocycles. The van der Waals surface area contributed by atoms with E-state index < -0.39 is 0 Å². The van der Waals surface area contributed by atoms with Crippen molar-refractivity contribution in [3.05, 3.63) is 11.9 Å². The van der Waals surface area contributed by atoms with E-state index in [2.05, 4.69) is 10.3 Å². The first-order chi connectivity index (χ1) is 10.1. The summed E-state index contributed by atoms with van der Waals surface area (Å²) >= 11 is 0. The van der Waals surface area contributed by atoms with Gasteiger partial charge in [-0.3, -0.25) is 4.79 Å². The first kappa shape index (κ1) is 15.9. The lowest BCUT2D eigenvalue weighted by atomic mass is 10.0. The van der Waals surface area contributed by atoms with Crippen molar-refractivity contribution < 1.29 is 4.79 Å². The van der Waals surface area contributed by atoms with Crippen LogP contribution in [0, 0.1) is 5.92 Å². The second kappa shape index (κ2) is 7.48. The second-order valence-corrected chi connectivity index (χ2v) is 6.32. The van der Waals surface area contributed by atoms with Gasteiger partial charge >= 0.3 is 0 Å². The largest absolute Gasteiger partial charge is 0.350 e. The molecule has 1 saturated carbocycles. The number of rotatable bonds is 7. The molecule has 1 N–H and O–H groups in total. The monoisotopic (exact) mass is 292 g/mol. The SMILES string of the molecule is CN(C)c1ncc(CNC(=O)CCCC2CCCC2)n1C. The number of nitrogens with zero attached hydrogens (tertiary/aromatic N) is 3. The minimum absolute atomic E-state index is 0.153. The van der Waals surface area contributed by atoms with E-state index in [9.17, 15) is 4.79 Å². The van der Waals surface area contributed by atoms with Gasteiger partial charge in [-0.1, -0.05) is 25.7 Å². The van der Waals surface area contributed by atoms with Gasteiger partial charge in [0.15, 0.2) is 0 Å². The van der Waals surface area contributed by atoms with Crippen molar-refractivity contribution in [1.82, 2.24) is 14.9 Å². The lowest BCUT2D eigenvalue weighted by Gasteiger charge is -2.13. The van der Waals surface area contributed by atoms with Crippen molar-refractivity contribution in [3.8, 4) is 0 Å². The van der Waals surface area contributed by atoms with E-state index in [1.54, 1.807) is 0 Å². The number of aromatic nitrogens is 2. The summed E-state index contributed by atoms with van der Waals surface area (Å²) in [6.07, 6.45) is 10.2. The number of hydrogen-bond acceptors (Lipinski definition) is 3. The Morgan fingerprint density at radius 3 is 2.76 bits per heavy atom. The average molecular weight is 292 g/mol. The molecule has 0 aromatic carbocycles. The summed E-state index contributed by atoms with van der Waals surface area (Å²) in [6.45, 7) is 0.555. The lowest BCUT2D eigenvalue weighted by molar-refractivity contribution is -0.121. The van der Waals surface area contributed by atoms with Crippen LogP contribution in [0.1, 0.15) is 50.6 Å². The van der Waals surface area contributed by atoms with Crippen LogP contribution < -0.4 is 10.2 Å². The third-order valence-corrected chi connectivity index (χ3v) is 4.42. The van der Waals surface area contributed by atoms with Crippen molar-refractivity contribution in [2.45, 2.75) is 51.5 Å². The van der Waals surface area contributed by atoms with Gasteiger partial charge in [0.25, 0.3) is 0 Å². The van der Waals surface area contributed by atoms with Crippen molar-refractivity contribution in [2.24, 2.45) is 13.0 Å². The molecule has 0 unspecified atom stereocenters. The second-order valence-electron chi connectivity index (χ2n) is 6.32. The van der Waals surface area contributed by atoms with Gasteiger partial charge in [-0.05, 0) is 18.8 Å².